The first-order valence-corrected chi connectivity index (χ1v) is 10.2. The number of ether oxygens (including phenoxy) is 2. The average molecular weight is 424 g/mol. The van der Waals surface area contributed by atoms with Gasteiger partial charge in [0.05, 0.1) is 29.3 Å². The van der Waals surface area contributed by atoms with Gasteiger partial charge in [-0.25, -0.2) is 4.79 Å². The van der Waals surface area contributed by atoms with Crippen LogP contribution in [0.5, 0.6) is 11.5 Å². The second-order valence-corrected chi connectivity index (χ2v) is 7.36. The van der Waals surface area contributed by atoms with Crippen LogP contribution in [-0.4, -0.2) is 28.9 Å². The molecule has 0 bridgehead atoms. The highest BCUT2D eigenvalue weighted by Gasteiger charge is 2.23. The van der Waals surface area contributed by atoms with Gasteiger partial charge in [-0.3, -0.25) is 0 Å². The van der Waals surface area contributed by atoms with E-state index in [1.807, 2.05) is 54.0 Å². The third-order valence-corrected chi connectivity index (χ3v) is 5.50. The summed E-state index contributed by atoms with van der Waals surface area (Å²) >= 11 is 6.19. The van der Waals surface area contributed by atoms with E-state index in [9.17, 15) is 9.90 Å². The molecule has 0 aliphatic carbocycles. The minimum atomic E-state index is -0.402. The molecule has 1 aromatic heterocycles. The lowest BCUT2D eigenvalue weighted by Gasteiger charge is -2.13. The Balaban J connectivity index is 1.83. The van der Waals surface area contributed by atoms with Crippen molar-refractivity contribution in [1.82, 2.24) is 4.57 Å². The monoisotopic (exact) mass is 423 g/mol. The Morgan fingerprint density at radius 1 is 1.07 bits per heavy atom. The van der Waals surface area contributed by atoms with Gasteiger partial charge in [0, 0.05) is 21.9 Å². The maximum atomic E-state index is 12.7. The van der Waals surface area contributed by atoms with E-state index in [4.69, 9.17) is 21.1 Å². The summed E-state index contributed by atoms with van der Waals surface area (Å²) in [4.78, 5) is 12.7. The van der Waals surface area contributed by atoms with Crippen LogP contribution in [0.3, 0.4) is 0 Å². The molecule has 0 aliphatic heterocycles. The Morgan fingerprint density at radius 3 is 2.50 bits per heavy atom. The zero-order valence-corrected chi connectivity index (χ0v) is 17.6. The molecule has 0 spiro atoms. The SMILES string of the molecule is CCOC(=O)c1c(C)n(CCOc2ccccc2Cl)c2c1cc(O)c1ccccc12. The molecule has 0 amide bonds. The minimum Gasteiger partial charge on any atom is -0.507 e. The number of phenols is 1. The van der Waals surface area contributed by atoms with Crippen molar-refractivity contribution < 1.29 is 19.4 Å². The van der Waals surface area contributed by atoms with E-state index in [1.165, 1.54) is 0 Å². The Bertz CT molecular complexity index is 1250. The first-order chi connectivity index (χ1) is 14.5. The van der Waals surface area contributed by atoms with E-state index in [-0.39, 0.29) is 12.4 Å². The molecule has 0 aliphatic rings. The zero-order valence-electron chi connectivity index (χ0n) is 16.8. The number of carbonyl (C=O) groups excluding carboxylic acids is 1. The number of benzene rings is 3. The van der Waals surface area contributed by atoms with E-state index in [0.29, 0.717) is 34.9 Å². The van der Waals surface area contributed by atoms with Crippen molar-refractivity contribution in [3.05, 3.63) is 70.9 Å². The zero-order chi connectivity index (χ0) is 21.3. The Hall–Kier alpha value is -3.18. The molecule has 154 valence electrons. The molecule has 30 heavy (non-hydrogen) atoms. The van der Waals surface area contributed by atoms with E-state index in [2.05, 4.69) is 0 Å². The maximum absolute atomic E-state index is 12.7. The van der Waals surface area contributed by atoms with Gasteiger partial charge in [-0.1, -0.05) is 48.0 Å². The van der Waals surface area contributed by atoms with Gasteiger partial charge in [-0.05, 0) is 32.0 Å². The number of phenolic OH excluding ortho intramolecular Hbond substituents is 1. The van der Waals surface area contributed by atoms with Crippen LogP contribution < -0.4 is 4.74 Å². The summed E-state index contributed by atoms with van der Waals surface area (Å²) in [6.45, 7) is 4.80. The first kappa shape index (κ1) is 20.1. The summed E-state index contributed by atoms with van der Waals surface area (Å²) in [5.74, 6) is 0.343. The van der Waals surface area contributed by atoms with Gasteiger partial charge in [0.1, 0.15) is 18.1 Å². The number of aromatic hydroxyl groups is 1. The van der Waals surface area contributed by atoms with Gasteiger partial charge < -0.3 is 19.1 Å². The number of rotatable bonds is 6. The summed E-state index contributed by atoms with van der Waals surface area (Å²) in [5.41, 5.74) is 2.10. The van der Waals surface area contributed by atoms with Crippen LogP contribution in [0.1, 0.15) is 23.0 Å². The molecule has 1 N–H and O–H groups in total. The summed E-state index contributed by atoms with van der Waals surface area (Å²) in [5, 5.41) is 13.4. The van der Waals surface area contributed by atoms with Gasteiger partial charge in [0.15, 0.2) is 0 Å². The van der Waals surface area contributed by atoms with E-state index in [0.717, 1.165) is 22.0 Å². The third-order valence-electron chi connectivity index (χ3n) is 5.19. The second kappa shape index (κ2) is 8.28. The molecule has 0 saturated carbocycles. The molecule has 0 fully saturated rings. The summed E-state index contributed by atoms with van der Waals surface area (Å²) < 4.78 is 13.2. The largest absolute Gasteiger partial charge is 0.507 e. The fourth-order valence-electron chi connectivity index (χ4n) is 3.87. The molecule has 0 unspecified atom stereocenters. The molecule has 3 aromatic carbocycles. The molecule has 5 nitrogen and oxygen atoms in total. The Morgan fingerprint density at radius 2 is 1.77 bits per heavy atom. The second-order valence-electron chi connectivity index (χ2n) is 6.95. The molecular weight excluding hydrogens is 402 g/mol. The van der Waals surface area contributed by atoms with Crippen molar-refractivity contribution in [2.45, 2.75) is 20.4 Å². The number of esters is 1. The van der Waals surface area contributed by atoms with Gasteiger partial charge in [-0.15, -0.1) is 0 Å². The molecule has 0 saturated heterocycles. The molecule has 1 heterocycles. The van der Waals surface area contributed by atoms with Crippen molar-refractivity contribution in [3.8, 4) is 11.5 Å². The molecule has 0 atom stereocenters. The Labute approximate surface area is 179 Å². The van der Waals surface area contributed by atoms with Crippen molar-refractivity contribution in [2.75, 3.05) is 13.2 Å². The topological polar surface area (TPSA) is 60.7 Å². The van der Waals surface area contributed by atoms with Crippen LogP contribution in [0.25, 0.3) is 21.7 Å². The van der Waals surface area contributed by atoms with Gasteiger partial charge in [0.25, 0.3) is 0 Å². The number of aromatic nitrogens is 1. The van der Waals surface area contributed by atoms with Crippen molar-refractivity contribution in [3.63, 3.8) is 0 Å². The number of para-hydroxylation sites is 1. The summed E-state index contributed by atoms with van der Waals surface area (Å²) in [7, 11) is 0. The van der Waals surface area contributed by atoms with Crippen molar-refractivity contribution in [2.24, 2.45) is 0 Å². The maximum Gasteiger partial charge on any atom is 0.340 e. The van der Waals surface area contributed by atoms with Crippen molar-refractivity contribution in [1.29, 1.82) is 0 Å². The predicted molar refractivity (Wildman–Crippen MR) is 119 cm³/mol. The summed E-state index contributed by atoms with van der Waals surface area (Å²) in [6.07, 6.45) is 0. The summed E-state index contributed by atoms with van der Waals surface area (Å²) in [6, 6.07) is 16.6. The van der Waals surface area contributed by atoms with Crippen LogP contribution in [0.15, 0.2) is 54.6 Å². The fraction of sp³-hybridized carbons (Fsp3) is 0.208. The van der Waals surface area contributed by atoms with Crippen molar-refractivity contribution >= 4 is 39.2 Å². The highest BCUT2D eigenvalue weighted by molar-refractivity contribution is 6.32. The van der Waals surface area contributed by atoms with Crippen LogP contribution in [0.4, 0.5) is 0 Å². The number of hydrogen-bond acceptors (Lipinski definition) is 4. The fourth-order valence-corrected chi connectivity index (χ4v) is 4.06. The van der Waals surface area contributed by atoms with Crippen LogP contribution in [-0.2, 0) is 11.3 Å². The number of hydrogen-bond donors (Lipinski definition) is 1. The average Bonchev–Trinajstić information content (AvgIpc) is 3.01. The first-order valence-electron chi connectivity index (χ1n) is 9.80. The lowest BCUT2D eigenvalue weighted by molar-refractivity contribution is 0.0527. The number of fused-ring (bicyclic) bond motifs is 3. The van der Waals surface area contributed by atoms with Crippen LogP contribution in [0, 0.1) is 6.92 Å². The molecule has 4 aromatic rings. The number of carbonyl (C=O) groups is 1. The lowest BCUT2D eigenvalue weighted by Crippen LogP contribution is -2.11. The molecular formula is C24H22ClNO4. The molecule has 0 radical (unpaired) electrons. The highest BCUT2D eigenvalue weighted by atomic mass is 35.5. The standard InChI is InChI=1S/C24H22ClNO4/c1-3-29-24(28)22-15(2)26(12-13-30-21-11-7-6-10-19(21)25)23-17-9-5-4-8-16(17)20(27)14-18(22)23/h4-11,14,27H,3,12-13H2,1-2H3. The van der Waals surface area contributed by atoms with Gasteiger partial charge >= 0.3 is 5.97 Å². The lowest BCUT2D eigenvalue weighted by atomic mass is 10.0. The quantitative estimate of drug-likeness (QED) is 0.403. The molecule has 6 heteroatoms. The smallest absolute Gasteiger partial charge is 0.340 e. The van der Waals surface area contributed by atoms with Gasteiger partial charge in [-0.2, -0.15) is 0 Å². The van der Waals surface area contributed by atoms with Gasteiger partial charge in [0.2, 0.25) is 0 Å². The molecule has 4 rings (SSSR count). The number of nitrogens with zero attached hydrogens (tertiary/aromatic N) is 1. The highest BCUT2D eigenvalue weighted by Crippen LogP contribution is 2.37. The predicted octanol–water partition coefficient (Wildman–Crippen LogP) is 5.72. The third kappa shape index (κ3) is 3.46. The minimum absolute atomic E-state index is 0.133. The normalized spacial score (nSPS) is 11.2. The van der Waals surface area contributed by atoms with E-state index in [1.54, 1.807) is 19.1 Å². The van der Waals surface area contributed by atoms with E-state index >= 15 is 0 Å². The van der Waals surface area contributed by atoms with E-state index < -0.39 is 5.97 Å². The van der Waals surface area contributed by atoms with Crippen LogP contribution in [0.2, 0.25) is 5.02 Å². The van der Waals surface area contributed by atoms with Crippen LogP contribution >= 0.6 is 11.6 Å². The number of halogens is 1. The Kier molecular flexibility index (Phi) is 5.55.